The van der Waals surface area contributed by atoms with Gasteiger partial charge in [-0.25, -0.2) is 0 Å². The molecule has 4 heteroatoms. The zero-order valence-electron chi connectivity index (χ0n) is 11.9. The highest BCUT2D eigenvalue weighted by molar-refractivity contribution is 5.22. The quantitative estimate of drug-likeness (QED) is 0.820. The minimum Gasteiger partial charge on any atom is -0.493 e. The summed E-state index contributed by atoms with van der Waals surface area (Å²) < 4.78 is 11.2. The molecule has 2 heterocycles. The van der Waals surface area contributed by atoms with Gasteiger partial charge in [-0.3, -0.25) is 4.98 Å². The van der Waals surface area contributed by atoms with Crippen molar-refractivity contribution in [3.63, 3.8) is 0 Å². The predicted octanol–water partition coefficient (Wildman–Crippen LogP) is 2.24. The number of rotatable bonds is 7. The number of ether oxygens (including phenoxy) is 2. The largest absolute Gasteiger partial charge is 0.493 e. The molecule has 0 bridgehead atoms. The molecule has 0 spiro atoms. The zero-order chi connectivity index (χ0) is 13.5. The highest BCUT2D eigenvalue weighted by Crippen LogP contribution is 2.16. The third kappa shape index (κ3) is 5.17. The smallest absolute Gasteiger partial charge is 0.122 e. The number of hydrogen-bond donors (Lipinski definition) is 1. The zero-order valence-corrected chi connectivity index (χ0v) is 11.9. The Kier molecular flexibility index (Phi) is 5.61. The van der Waals surface area contributed by atoms with E-state index in [1.165, 1.54) is 0 Å². The van der Waals surface area contributed by atoms with Crippen molar-refractivity contribution in [2.24, 2.45) is 11.8 Å². The molecule has 0 aromatic carbocycles. The minimum absolute atomic E-state index is 0.538. The van der Waals surface area contributed by atoms with Gasteiger partial charge < -0.3 is 14.8 Å². The van der Waals surface area contributed by atoms with Crippen LogP contribution in [0.15, 0.2) is 18.3 Å². The average molecular weight is 264 g/mol. The molecular weight excluding hydrogens is 240 g/mol. The minimum atomic E-state index is 0.538. The second-order valence-corrected chi connectivity index (χ2v) is 5.55. The fraction of sp³-hybridized carbons (Fsp3) is 0.667. The number of hydrogen-bond acceptors (Lipinski definition) is 4. The third-order valence-electron chi connectivity index (χ3n) is 3.16. The van der Waals surface area contributed by atoms with Crippen molar-refractivity contribution in [2.45, 2.75) is 26.8 Å². The summed E-state index contributed by atoms with van der Waals surface area (Å²) in [4.78, 5) is 4.35. The Labute approximate surface area is 115 Å². The molecule has 1 atom stereocenters. The summed E-state index contributed by atoms with van der Waals surface area (Å²) in [5.41, 5.74) is 1.03. The van der Waals surface area contributed by atoms with Gasteiger partial charge in [-0.15, -0.1) is 0 Å². The van der Waals surface area contributed by atoms with Crippen molar-refractivity contribution in [2.75, 3.05) is 26.4 Å². The number of pyridine rings is 1. The number of nitrogens with one attached hydrogen (secondary N) is 1. The van der Waals surface area contributed by atoms with Gasteiger partial charge in [0.1, 0.15) is 5.75 Å². The maximum Gasteiger partial charge on any atom is 0.122 e. The van der Waals surface area contributed by atoms with Crippen LogP contribution in [0.4, 0.5) is 0 Å². The Hall–Kier alpha value is -1.13. The van der Waals surface area contributed by atoms with Crippen LogP contribution in [0.25, 0.3) is 0 Å². The third-order valence-corrected chi connectivity index (χ3v) is 3.16. The van der Waals surface area contributed by atoms with E-state index in [4.69, 9.17) is 9.47 Å². The first-order valence-corrected chi connectivity index (χ1v) is 7.10. The SMILES string of the molecule is CC(C)CNCc1cc(OCC2CCOC2)ccn1. The van der Waals surface area contributed by atoms with E-state index in [2.05, 4.69) is 24.1 Å². The van der Waals surface area contributed by atoms with Crippen LogP contribution in [0.1, 0.15) is 26.0 Å². The monoisotopic (exact) mass is 264 g/mol. The summed E-state index contributed by atoms with van der Waals surface area (Å²) in [6.07, 6.45) is 2.92. The molecular formula is C15H24N2O2. The summed E-state index contributed by atoms with van der Waals surface area (Å²) in [7, 11) is 0. The van der Waals surface area contributed by atoms with Gasteiger partial charge in [0.2, 0.25) is 0 Å². The molecule has 106 valence electrons. The molecule has 0 saturated carbocycles. The Morgan fingerprint density at radius 3 is 3.16 bits per heavy atom. The van der Waals surface area contributed by atoms with Gasteiger partial charge in [0.15, 0.2) is 0 Å². The molecule has 19 heavy (non-hydrogen) atoms. The summed E-state index contributed by atoms with van der Waals surface area (Å²) in [6, 6.07) is 3.94. The van der Waals surface area contributed by atoms with Crippen LogP contribution in [0.5, 0.6) is 5.75 Å². The van der Waals surface area contributed by atoms with E-state index in [9.17, 15) is 0 Å². The lowest BCUT2D eigenvalue weighted by atomic mass is 10.1. The van der Waals surface area contributed by atoms with Crippen molar-refractivity contribution in [3.05, 3.63) is 24.0 Å². The predicted molar refractivity (Wildman–Crippen MR) is 75.2 cm³/mol. The van der Waals surface area contributed by atoms with Crippen LogP contribution in [-0.2, 0) is 11.3 Å². The van der Waals surface area contributed by atoms with Crippen LogP contribution in [0, 0.1) is 11.8 Å². The fourth-order valence-electron chi connectivity index (χ4n) is 2.06. The maximum absolute atomic E-state index is 5.81. The second-order valence-electron chi connectivity index (χ2n) is 5.55. The summed E-state index contributed by atoms with van der Waals surface area (Å²) in [5, 5.41) is 3.39. The van der Waals surface area contributed by atoms with E-state index in [1.807, 2.05) is 18.3 Å². The molecule has 1 fully saturated rings. The van der Waals surface area contributed by atoms with E-state index < -0.39 is 0 Å². The lowest BCUT2D eigenvalue weighted by molar-refractivity contribution is 0.167. The molecule has 1 N–H and O–H groups in total. The Morgan fingerprint density at radius 2 is 2.42 bits per heavy atom. The molecule has 0 amide bonds. The topological polar surface area (TPSA) is 43.4 Å². The normalized spacial score (nSPS) is 19.0. The van der Waals surface area contributed by atoms with Gasteiger partial charge in [-0.2, -0.15) is 0 Å². The molecule has 1 aliphatic rings. The van der Waals surface area contributed by atoms with Crippen molar-refractivity contribution < 1.29 is 9.47 Å². The summed E-state index contributed by atoms with van der Waals surface area (Å²) in [5.74, 6) is 2.10. The first-order chi connectivity index (χ1) is 9.24. The standard InChI is InChI=1S/C15H24N2O2/c1-12(2)8-16-9-14-7-15(3-5-17-14)19-11-13-4-6-18-10-13/h3,5,7,12-13,16H,4,6,8-11H2,1-2H3. The van der Waals surface area contributed by atoms with Crippen molar-refractivity contribution in [1.82, 2.24) is 10.3 Å². The number of aromatic nitrogens is 1. The van der Waals surface area contributed by atoms with Gasteiger partial charge >= 0.3 is 0 Å². The molecule has 1 unspecified atom stereocenters. The van der Waals surface area contributed by atoms with Crippen LogP contribution >= 0.6 is 0 Å². The Bertz CT molecular complexity index is 376. The molecule has 4 nitrogen and oxygen atoms in total. The molecule has 1 aromatic rings. The highest BCUT2D eigenvalue weighted by Gasteiger charge is 2.16. The van der Waals surface area contributed by atoms with Crippen LogP contribution < -0.4 is 10.1 Å². The maximum atomic E-state index is 5.81. The first kappa shape index (κ1) is 14.3. The summed E-state index contributed by atoms with van der Waals surface area (Å²) in [6.45, 7) is 8.63. The van der Waals surface area contributed by atoms with E-state index in [-0.39, 0.29) is 0 Å². The van der Waals surface area contributed by atoms with E-state index in [0.29, 0.717) is 11.8 Å². The van der Waals surface area contributed by atoms with Crippen molar-refractivity contribution >= 4 is 0 Å². The Morgan fingerprint density at radius 1 is 1.53 bits per heavy atom. The highest BCUT2D eigenvalue weighted by atomic mass is 16.5. The van der Waals surface area contributed by atoms with E-state index >= 15 is 0 Å². The van der Waals surface area contributed by atoms with Crippen LogP contribution in [-0.4, -0.2) is 31.3 Å². The second kappa shape index (κ2) is 7.46. The average Bonchev–Trinajstić information content (AvgIpc) is 2.89. The Balaban J connectivity index is 1.77. The van der Waals surface area contributed by atoms with Gasteiger partial charge in [-0.1, -0.05) is 13.8 Å². The van der Waals surface area contributed by atoms with Crippen molar-refractivity contribution in [3.8, 4) is 5.75 Å². The first-order valence-electron chi connectivity index (χ1n) is 7.10. The van der Waals surface area contributed by atoms with Gasteiger partial charge in [-0.05, 0) is 24.9 Å². The van der Waals surface area contributed by atoms with Crippen LogP contribution in [0.3, 0.4) is 0 Å². The fourth-order valence-corrected chi connectivity index (χ4v) is 2.06. The molecule has 1 saturated heterocycles. The van der Waals surface area contributed by atoms with Gasteiger partial charge in [0, 0.05) is 31.3 Å². The lowest BCUT2D eigenvalue weighted by Crippen LogP contribution is -2.19. The van der Waals surface area contributed by atoms with E-state index in [1.54, 1.807) is 0 Å². The van der Waals surface area contributed by atoms with Crippen LogP contribution in [0.2, 0.25) is 0 Å². The molecule has 0 radical (unpaired) electrons. The molecule has 2 rings (SSSR count). The molecule has 1 aliphatic heterocycles. The van der Waals surface area contributed by atoms with Gasteiger partial charge in [0.05, 0.1) is 18.9 Å². The molecule has 1 aromatic heterocycles. The summed E-state index contributed by atoms with van der Waals surface area (Å²) >= 11 is 0. The van der Waals surface area contributed by atoms with Crippen molar-refractivity contribution in [1.29, 1.82) is 0 Å². The van der Waals surface area contributed by atoms with Gasteiger partial charge in [0.25, 0.3) is 0 Å². The number of nitrogens with zero attached hydrogens (tertiary/aromatic N) is 1. The van der Waals surface area contributed by atoms with E-state index in [0.717, 1.165) is 50.8 Å². The molecule has 0 aliphatic carbocycles. The lowest BCUT2D eigenvalue weighted by Gasteiger charge is -2.11.